The summed E-state index contributed by atoms with van der Waals surface area (Å²) >= 11 is 0. The van der Waals surface area contributed by atoms with Gasteiger partial charge < -0.3 is 15.2 Å². The summed E-state index contributed by atoms with van der Waals surface area (Å²) in [5.74, 6) is -0.399. The molecule has 1 unspecified atom stereocenters. The van der Waals surface area contributed by atoms with E-state index in [1.165, 1.54) is 24.3 Å². The summed E-state index contributed by atoms with van der Waals surface area (Å²) in [5, 5.41) is 12.4. The second-order valence-electron chi connectivity index (χ2n) is 3.94. The molecule has 0 heterocycles. The van der Waals surface area contributed by atoms with Gasteiger partial charge in [-0.25, -0.2) is 4.39 Å². The third-order valence-corrected chi connectivity index (χ3v) is 2.28. The number of ether oxygens (including phenoxy) is 1. The molecule has 0 aromatic heterocycles. The van der Waals surface area contributed by atoms with Crippen molar-refractivity contribution in [3.63, 3.8) is 0 Å². The predicted octanol–water partition coefficient (Wildman–Crippen LogP) is 2.03. The highest BCUT2D eigenvalue weighted by Crippen LogP contribution is 2.14. The number of aliphatic hydroxyl groups excluding tert-OH is 1. The fraction of sp³-hybridized carbons (Fsp3) is 0.500. The van der Waals surface area contributed by atoms with Gasteiger partial charge in [-0.1, -0.05) is 12.1 Å². The zero-order valence-electron chi connectivity index (χ0n) is 10.1. The molecule has 1 rings (SSSR count). The molecule has 0 aliphatic rings. The normalized spacial score (nSPS) is 13.5. The molecular formula is C12H15F4NO2. The largest absolute Gasteiger partial charge is 0.411 e. The number of hydrogen-bond donors (Lipinski definition) is 2. The first-order chi connectivity index (χ1) is 8.88. The molecule has 19 heavy (non-hydrogen) atoms. The van der Waals surface area contributed by atoms with Crippen molar-refractivity contribution >= 4 is 0 Å². The van der Waals surface area contributed by atoms with Crippen LogP contribution >= 0.6 is 0 Å². The van der Waals surface area contributed by atoms with Gasteiger partial charge in [0.15, 0.2) is 0 Å². The Balaban J connectivity index is 2.14. The quantitative estimate of drug-likeness (QED) is 0.593. The molecule has 0 bridgehead atoms. The van der Waals surface area contributed by atoms with Crippen molar-refractivity contribution in [2.24, 2.45) is 0 Å². The van der Waals surface area contributed by atoms with Crippen LogP contribution in [-0.2, 0) is 4.74 Å². The maximum atomic E-state index is 12.6. The predicted molar refractivity (Wildman–Crippen MR) is 61.1 cm³/mol. The van der Waals surface area contributed by atoms with Crippen LogP contribution in [0.3, 0.4) is 0 Å². The molecule has 0 aliphatic heterocycles. The molecule has 0 saturated heterocycles. The Morgan fingerprint density at radius 3 is 2.42 bits per heavy atom. The maximum absolute atomic E-state index is 12.6. The maximum Gasteiger partial charge on any atom is 0.411 e. The van der Waals surface area contributed by atoms with E-state index in [1.807, 2.05) is 0 Å². The molecule has 0 aliphatic carbocycles. The van der Waals surface area contributed by atoms with E-state index in [4.69, 9.17) is 0 Å². The van der Waals surface area contributed by atoms with E-state index in [0.29, 0.717) is 5.56 Å². The van der Waals surface area contributed by atoms with Crippen molar-refractivity contribution in [1.82, 2.24) is 5.32 Å². The Labute approximate surface area is 108 Å². The van der Waals surface area contributed by atoms with Gasteiger partial charge in [-0.15, -0.1) is 0 Å². The summed E-state index contributed by atoms with van der Waals surface area (Å²) in [4.78, 5) is 0. The number of nitrogens with one attached hydrogen (secondary N) is 1. The van der Waals surface area contributed by atoms with Crippen LogP contribution in [0.25, 0.3) is 0 Å². The van der Waals surface area contributed by atoms with E-state index in [-0.39, 0.29) is 19.7 Å². The molecule has 7 heteroatoms. The van der Waals surface area contributed by atoms with Gasteiger partial charge in [0.05, 0.1) is 12.7 Å². The molecule has 2 N–H and O–H groups in total. The van der Waals surface area contributed by atoms with E-state index in [0.717, 1.165) is 0 Å². The smallest absolute Gasteiger partial charge is 0.387 e. The molecule has 0 saturated carbocycles. The van der Waals surface area contributed by atoms with Crippen LogP contribution in [0.5, 0.6) is 0 Å². The Morgan fingerprint density at radius 1 is 1.21 bits per heavy atom. The highest BCUT2D eigenvalue weighted by Gasteiger charge is 2.27. The third-order valence-electron chi connectivity index (χ3n) is 2.28. The lowest BCUT2D eigenvalue weighted by molar-refractivity contribution is -0.173. The number of hydrogen-bond acceptors (Lipinski definition) is 3. The van der Waals surface area contributed by atoms with Gasteiger partial charge in [0.1, 0.15) is 12.4 Å². The Kier molecular flexibility index (Phi) is 6.20. The fourth-order valence-electron chi connectivity index (χ4n) is 1.37. The minimum absolute atomic E-state index is 0.102. The van der Waals surface area contributed by atoms with E-state index in [2.05, 4.69) is 10.1 Å². The highest BCUT2D eigenvalue weighted by molar-refractivity contribution is 5.18. The molecule has 0 fully saturated rings. The number of aliphatic hydroxyl groups is 1. The van der Waals surface area contributed by atoms with Gasteiger partial charge >= 0.3 is 6.18 Å². The summed E-state index contributed by atoms with van der Waals surface area (Å²) in [6.07, 6.45) is -5.17. The molecule has 1 aromatic rings. The van der Waals surface area contributed by atoms with Gasteiger partial charge in [0, 0.05) is 13.1 Å². The number of alkyl halides is 3. The molecule has 3 nitrogen and oxygen atoms in total. The topological polar surface area (TPSA) is 41.5 Å². The molecule has 1 atom stereocenters. The average molecular weight is 281 g/mol. The average Bonchev–Trinajstić information content (AvgIpc) is 2.33. The lowest BCUT2D eigenvalue weighted by atomic mass is 10.1. The molecule has 0 amide bonds. The first kappa shape index (κ1) is 15.9. The second kappa shape index (κ2) is 7.42. The summed E-state index contributed by atoms with van der Waals surface area (Å²) in [5.41, 5.74) is 0.533. The first-order valence-corrected chi connectivity index (χ1v) is 5.67. The lowest BCUT2D eigenvalue weighted by Gasteiger charge is -2.12. The van der Waals surface area contributed by atoms with Crippen LogP contribution in [-0.4, -0.2) is 37.6 Å². The number of rotatable bonds is 7. The minimum Gasteiger partial charge on any atom is -0.387 e. The molecular weight excluding hydrogens is 266 g/mol. The summed E-state index contributed by atoms with van der Waals surface area (Å²) < 4.78 is 52.2. The van der Waals surface area contributed by atoms with Crippen molar-refractivity contribution in [3.05, 3.63) is 35.6 Å². The van der Waals surface area contributed by atoms with Crippen LogP contribution in [0.15, 0.2) is 24.3 Å². The highest BCUT2D eigenvalue weighted by atomic mass is 19.4. The first-order valence-electron chi connectivity index (χ1n) is 5.67. The van der Waals surface area contributed by atoms with Crippen LogP contribution < -0.4 is 5.32 Å². The molecule has 108 valence electrons. The summed E-state index contributed by atoms with van der Waals surface area (Å²) in [7, 11) is 0. The van der Waals surface area contributed by atoms with Gasteiger partial charge in [-0.3, -0.25) is 0 Å². The molecule has 0 spiro atoms. The third kappa shape index (κ3) is 7.09. The molecule has 1 aromatic carbocycles. The Morgan fingerprint density at radius 2 is 1.84 bits per heavy atom. The molecule has 0 radical (unpaired) electrons. The fourth-order valence-corrected chi connectivity index (χ4v) is 1.37. The van der Waals surface area contributed by atoms with Crippen molar-refractivity contribution in [3.8, 4) is 0 Å². The van der Waals surface area contributed by atoms with Crippen molar-refractivity contribution < 1.29 is 27.4 Å². The summed E-state index contributed by atoms with van der Waals surface area (Å²) in [6, 6.07) is 5.35. The Bertz CT molecular complexity index is 367. The zero-order chi connectivity index (χ0) is 14.3. The van der Waals surface area contributed by atoms with E-state index in [9.17, 15) is 22.7 Å². The number of halogens is 4. The van der Waals surface area contributed by atoms with E-state index in [1.54, 1.807) is 0 Å². The van der Waals surface area contributed by atoms with Crippen molar-refractivity contribution in [2.45, 2.75) is 12.3 Å². The standard InChI is InChI=1S/C12H15F4NO2/c13-10-3-1-9(2-4-10)11(18)7-17-5-6-19-8-12(14,15)16/h1-4,11,17-18H,5-8H2. The van der Waals surface area contributed by atoms with Crippen LogP contribution in [0, 0.1) is 5.82 Å². The van der Waals surface area contributed by atoms with Gasteiger partial charge in [-0.05, 0) is 17.7 Å². The van der Waals surface area contributed by atoms with Gasteiger partial charge in [-0.2, -0.15) is 13.2 Å². The van der Waals surface area contributed by atoms with Crippen LogP contribution in [0.4, 0.5) is 17.6 Å². The lowest BCUT2D eigenvalue weighted by Crippen LogP contribution is -2.27. The monoisotopic (exact) mass is 281 g/mol. The summed E-state index contributed by atoms with van der Waals surface area (Å²) in [6.45, 7) is -1.04. The zero-order valence-corrected chi connectivity index (χ0v) is 10.1. The van der Waals surface area contributed by atoms with Crippen molar-refractivity contribution in [2.75, 3.05) is 26.3 Å². The van der Waals surface area contributed by atoms with Crippen LogP contribution in [0.1, 0.15) is 11.7 Å². The second-order valence-corrected chi connectivity index (χ2v) is 3.94. The minimum atomic E-state index is -4.33. The van der Waals surface area contributed by atoms with E-state index >= 15 is 0 Å². The SMILES string of the molecule is OC(CNCCOCC(F)(F)F)c1ccc(F)cc1. The van der Waals surface area contributed by atoms with Gasteiger partial charge in [0.25, 0.3) is 0 Å². The van der Waals surface area contributed by atoms with E-state index < -0.39 is 24.7 Å². The van der Waals surface area contributed by atoms with Gasteiger partial charge in [0.2, 0.25) is 0 Å². The van der Waals surface area contributed by atoms with Crippen LogP contribution in [0.2, 0.25) is 0 Å². The Hall–Kier alpha value is -1.18. The number of benzene rings is 1. The van der Waals surface area contributed by atoms with Crippen molar-refractivity contribution in [1.29, 1.82) is 0 Å².